The zero-order valence-electron chi connectivity index (χ0n) is 11.7. The van der Waals surface area contributed by atoms with Crippen molar-refractivity contribution < 1.29 is 0 Å². The lowest BCUT2D eigenvalue weighted by Gasteiger charge is -2.07. The summed E-state index contributed by atoms with van der Waals surface area (Å²) in [6.45, 7) is 7.65. The van der Waals surface area contributed by atoms with E-state index in [4.69, 9.17) is 5.73 Å². The Balaban J connectivity index is 2.05. The number of imidazole rings is 1. The fourth-order valence-corrected chi connectivity index (χ4v) is 1.81. The summed E-state index contributed by atoms with van der Waals surface area (Å²) in [6, 6.07) is 6.05. The van der Waals surface area contributed by atoms with Gasteiger partial charge in [0.2, 0.25) is 0 Å². The van der Waals surface area contributed by atoms with Crippen molar-refractivity contribution in [3.05, 3.63) is 35.8 Å². The number of nitrogens with one attached hydrogen (secondary N) is 1. The van der Waals surface area contributed by atoms with Gasteiger partial charge in [0.05, 0.1) is 12.2 Å². The molecule has 0 fully saturated rings. The zero-order valence-corrected chi connectivity index (χ0v) is 11.7. The van der Waals surface area contributed by atoms with Crippen LogP contribution >= 0.6 is 0 Å². The van der Waals surface area contributed by atoms with E-state index in [1.54, 1.807) is 0 Å². The predicted octanol–water partition coefficient (Wildman–Crippen LogP) is 1.70. The van der Waals surface area contributed by atoms with E-state index in [0.29, 0.717) is 18.4 Å². The van der Waals surface area contributed by atoms with Crippen molar-refractivity contribution in [3.8, 4) is 0 Å². The fourth-order valence-electron chi connectivity index (χ4n) is 1.81. The molecule has 3 N–H and O–H groups in total. The summed E-state index contributed by atoms with van der Waals surface area (Å²) in [5, 5.41) is 3.09. The number of nitrogens with zero attached hydrogens (tertiary/aromatic N) is 3. The van der Waals surface area contributed by atoms with Gasteiger partial charge in [-0.05, 0) is 25.0 Å². The van der Waals surface area contributed by atoms with Crippen molar-refractivity contribution in [2.24, 2.45) is 16.6 Å². The third-order valence-corrected chi connectivity index (χ3v) is 2.85. The summed E-state index contributed by atoms with van der Waals surface area (Å²) in [5.74, 6) is 1.02. The highest BCUT2D eigenvalue weighted by Gasteiger charge is 2.02. The van der Waals surface area contributed by atoms with Crippen molar-refractivity contribution in [2.75, 3.05) is 6.54 Å². The monoisotopic (exact) mass is 259 g/mol. The Labute approximate surface area is 113 Å². The minimum Gasteiger partial charge on any atom is -0.370 e. The summed E-state index contributed by atoms with van der Waals surface area (Å²) >= 11 is 0. The third kappa shape index (κ3) is 3.47. The highest BCUT2D eigenvalue weighted by molar-refractivity contribution is 5.77. The van der Waals surface area contributed by atoms with Crippen LogP contribution in [0.5, 0.6) is 0 Å². The number of aryl methyl sites for hydroxylation is 1. The van der Waals surface area contributed by atoms with Gasteiger partial charge in [-0.3, -0.25) is 0 Å². The van der Waals surface area contributed by atoms with E-state index in [1.807, 2.05) is 18.3 Å². The molecule has 102 valence electrons. The average Bonchev–Trinajstić information content (AvgIpc) is 2.78. The number of hydrogen-bond acceptors (Lipinski definition) is 2. The molecule has 0 aliphatic carbocycles. The van der Waals surface area contributed by atoms with Gasteiger partial charge in [-0.15, -0.1) is 0 Å². The highest BCUT2D eigenvalue weighted by Crippen LogP contribution is 2.08. The lowest BCUT2D eigenvalue weighted by molar-refractivity contribution is 0.621. The summed E-state index contributed by atoms with van der Waals surface area (Å²) < 4.78 is 2.06. The zero-order chi connectivity index (χ0) is 13.8. The van der Waals surface area contributed by atoms with Gasteiger partial charge in [0, 0.05) is 18.4 Å². The van der Waals surface area contributed by atoms with Crippen molar-refractivity contribution in [3.63, 3.8) is 0 Å². The van der Waals surface area contributed by atoms with Crippen molar-refractivity contribution in [1.82, 2.24) is 14.7 Å². The molecule has 0 atom stereocenters. The number of pyridine rings is 1. The van der Waals surface area contributed by atoms with E-state index in [2.05, 4.69) is 46.5 Å². The standard InChI is InChI=1S/C14H21N5/c1-10(2)7-16-14(15)17-8-12-9-19-11(3)5-4-6-13(19)18-12/h4-6,9-10H,7-8H2,1-3H3,(H3,15,16,17). The second-order valence-corrected chi connectivity index (χ2v) is 5.10. The molecule has 0 unspecified atom stereocenters. The Morgan fingerprint density at radius 1 is 1.47 bits per heavy atom. The van der Waals surface area contributed by atoms with Gasteiger partial charge >= 0.3 is 0 Å². The van der Waals surface area contributed by atoms with Gasteiger partial charge in [-0.1, -0.05) is 19.9 Å². The quantitative estimate of drug-likeness (QED) is 0.648. The number of rotatable bonds is 4. The SMILES string of the molecule is Cc1cccc2nc(CN=C(N)NCC(C)C)cn12. The molecule has 0 aliphatic heterocycles. The highest BCUT2D eigenvalue weighted by atomic mass is 15.1. The van der Waals surface area contributed by atoms with E-state index in [-0.39, 0.29) is 0 Å². The molecule has 5 nitrogen and oxygen atoms in total. The Hall–Kier alpha value is -2.04. The molecular weight excluding hydrogens is 238 g/mol. The molecule has 19 heavy (non-hydrogen) atoms. The van der Waals surface area contributed by atoms with E-state index in [0.717, 1.165) is 23.6 Å². The first-order chi connectivity index (χ1) is 9.06. The maximum absolute atomic E-state index is 5.80. The van der Waals surface area contributed by atoms with Crippen LogP contribution in [0.4, 0.5) is 0 Å². The van der Waals surface area contributed by atoms with Gasteiger partial charge in [-0.2, -0.15) is 0 Å². The molecule has 2 aromatic rings. The summed E-state index contributed by atoms with van der Waals surface area (Å²) in [5.41, 5.74) is 8.82. The smallest absolute Gasteiger partial charge is 0.188 e. The minimum absolute atomic E-state index is 0.475. The molecule has 0 saturated carbocycles. The molecule has 0 aliphatic rings. The maximum atomic E-state index is 5.80. The molecule has 0 saturated heterocycles. The van der Waals surface area contributed by atoms with Crippen molar-refractivity contribution in [2.45, 2.75) is 27.3 Å². The Morgan fingerprint density at radius 3 is 2.95 bits per heavy atom. The molecule has 0 amide bonds. The fraction of sp³-hybridized carbons (Fsp3) is 0.429. The molecular formula is C14H21N5. The Kier molecular flexibility index (Phi) is 4.04. The number of aromatic nitrogens is 2. The Bertz CT molecular complexity index is 583. The molecule has 2 rings (SSSR count). The minimum atomic E-state index is 0.475. The van der Waals surface area contributed by atoms with E-state index in [1.165, 1.54) is 0 Å². The topological polar surface area (TPSA) is 67.7 Å². The summed E-state index contributed by atoms with van der Waals surface area (Å²) in [7, 11) is 0. The molecule has 0 radical (unpaired) electrons. The van der Waals surface area contributed by atoms with Crippen LogP contribution < -0.4 is 11.1 Å². The molecule has 0 spiro atoms. The normalized spacial score (nSPS) is 12.3. The number of fused-ring (bicyclic) bond motifs is 1. The van der Waals surface area contributed by atoms with Crippen molar-refractivity contribution >= 4 is 11.6 Å². The lowest BCUT2D eigenvalue weighted by Crippen LogP contribution is -2.34. The molecule has 5 heteroatoms. The Morgan fingerprint density at radius 2 is 2.26 bits per heavy atom. The second kappa shape index (κ2) is 5.73. The van der Waals surface area contributed by atoms with E-state index in [9.17, 15) is 0 Å². The maximum Gasteiger partial charge on any atom is 0.188 e. The van der Waals surface area contributed by atoms with E-state index < -0.39 is 0 Å². The van der Waals surface area contributed by atoms with Crippen molar-refractivity contribution in [1.29, 1.82) is 0 Å². The van der Waals surface area contributed by atoms with Gasteiger partial charge in [0.25, 0.3) is 0 Å². The van der Waals surface area contributed by atoms with Gasteiger partial charge in [0.15, 0.2) is 5.96 Å². The first-order valence-electron chi connectivity index (χ1n) is 6.53. The van der Waals surface area contributed by atoms with Crippen LogP contribution in [-0.4, -0.2) is 21.9 Å². The van der Waals surface area contributed by atoms with Crippen LogP contribution in [0.3, 0.4) is 0 Å². The van der Waals surface area contributed by atoms with Crippen LogP contribution in [0.25, 0.3) is 5.65 Å². The number of guanidine groups is 1. The molecule has 2 heterocycles. The van der Waals surface area contributed by atoms with Gasteiger partial charge < -0.3 is 15.5 Å². The number of aliphatic imine (C=N–C) groups is 1. The van der Waals surface area contributed by atoms with Crippen LogP contribution in [0.15, 0.2) is 29.4 Å². The molecule has 0 bridgehead atoms. The van der Waals surface area contributed by atoms with Crippen LogP contribution in [0, 0.1) is 12.8 Å². The molecule has 2 aromatic heterocycles. The summed E-state index contributed by atoms with van der Waals surface area (Å²) in [4.78, 5) is 8.81. The largest absolute Gasteiger partial charge is 0.370 e. The lowest BCUT2D eigenvalue weighted by atomic mass is 10.2. The third-order valence-electron chi connectivity index (χ3n) is 2.85. The average molecular weight is 259 g/mol. The second-order valence-electron chi connectivity index (χ2n) is 5.10. The first kappa shape index (κ1) is 13.4. The van der Waals surface area contributed by atoms with E-state index >= 15 is 0 Å². The van der Waals surface area contributed by atoms with Gasteiger partial charge in [-0.25, -0.2) is 9.98 Å². The first-order valence-corrected chi connectivity index (χ1v) is 6.53. The van der Waals surface area contributed by atoms with Crippen LogP contribution in [0.1, 0.15) is 25.2 Å². The molecule has 0 aromatic carbocycles. The summed E-state index contributed by atoms with van der Waals surface area (Å²) in [6.07, 6.45) is 2.00. The number of hydrogen-bond donors (Lipinski definition) is 2. The van der Waals surface area contributed by atoms with Gasteiger partial charge in [0.1, 0.15) is 5.65 Å². The predicted molar refractivity (Wildman–Crippen MR) is 78.1 cm³/mol. The van der Waals surface area contributed by atoms with Crippen LogP contribution in [-0.2, 0) is 6.54 Å². The number of nitrogens with two attached hydrogens (primary N) is 1. The van der Waals surface area contributed by atoms with Crippen LogP contribution in [0.2, 0.25) is 0 Å².